The fourth-order valence-corrected chi connectivity index (χ4v) is 3.59. The van der Waals surface area contributed by atoms with E-state index in [1.54, 1.807) is 24.3 Å². The molecular formula is C23H17ClF5N5O2. The number of carbonyl (C=O) groups excluding carboxylic acids is 1. The minimum absolute atomic E-state index is 0.0189. The number of benzene rings is 2. The highest BCUT2D eigenvalue weighted by molar-refractivity contribution is 6.32. The van der Waals surface area contributed by atoms with Crippen molar-refractivity contribution in [2.75, 3.05) is 5.32 Å². The highest BCUT2D eigenvalue weighted by Gasteiger charge is 2.27. The molecular weight excluding hydrogens is 509 g/mol. The predicted molar refractivity (Wildman–Crippen MR) is 119 cm³/mol. The molecule has 7 nitrogen and oxygen atoms in total. The molecule has 1 N–H and O–H groups in total. The number of aryl methyl sites for hydroxylation is 1. The average Bonchev–Trinajstić information content (AvgIpc) is 3.44. The van der Waals surface area contributed by atoms with E-state index in [0.717, 1.165) is 4.68 Å². The van der Waals surface area contributed by atoms with Crippen molar-refractivity contribution in [2.24, 2.45) is 0 Å². The van der Waals surface area contributed by atoms with Crippen molar-refractivity contribution >= 4 is 23.2 Å². The highest BCUT2D eigenvalue weighted by Crippen LogP contribution is 2.27. The fraction of sp³-hybridized carbons (Fsp3) is 0.174. The number of rotatable bonds is 7. The van der Waals surface area contributed by atoms with Crippen LogP contribution in [0.3, 0.4) is 0 Å². The smallest absolute Gasteiger partial charge is 0.276 e. The zero-order valence-electron chi connectivity index (χ0n) is 18.8. The van der Waals surface area contributed by atoms with Crippen LogP contribution in [-0.2, 0) is 13.3 Å². The van der Waals surface area contributed by atoms with Crippen LogP contribution in [0.25, 0.3) is 0 Å². The largest absolute Gasteiger partial charge is 0.470 e. The molecule has 0 fully saturated rings. The lowest BCUT2D eigenvalue weighted by atomic mass is 10.1. The number of hydrogen-bond acceptors (Lipinski definition) is 4. The molecule has 0 radical (unpaired) electrons. The number of halogens is 6. The Labute approximate surface area is 206 Å². The summed E-state index contributed by atoms with van der Waals surface area (Å²) in [5, 5.41) is 11.2. The third kappa shape index (κ3) is 4.76. The topological polar surface area (TPSA) is 74.0 Å². The van der Waals surface area contributed by atoms with Gasteiger partial charge in [0.05, 0.1) is 34.2 Å². The second-order valence-corrected chi connectivity index (χ2v) is 8.06. The first-order valence-electron chi connectivity index (χ1n) is 10.3. The molecule has 2 aromatic heterocycles. The molecule has 0 saturated heterocycles. The van der Waals surface area contributed by atoms with Gasteiger partial charge in [0.15, 0.2) is 35.7 Å². The van der Waals surface area contributed by atoms with E-state index in [1.807, 2.05) is 0 Å². The lowest BCUT2D eigenvalue weighted by Crippen LogP contribution is -2.16. The molecule has 2 aromatic carbocycles. The Balaban J connectivity index is 1.49. The summed E-state index contributed by atoms with van der Waals surface area (Å²) in [4.78, 5) is 12.7. The molecule has 36 heavy (non-hydrogen) atoms. The molecule has 1 amide bonds. The van der Waals surface area contributed by atoms with Gasteiger partial charge in [-0.1, -0.05) is 23.7 Å². The molecule has 4 rings (SSSR count). The van der Waals surface area contributed by atoms with Gasteiger partial charge in [0.1, 0.15) is 5.75 Å². The number of ether oxygens (including phenoxy) is 1. The second-order valence-electron chi connectivity index (χ2n) is 7.65. The minimum Gasteiger partial charge on any atom is -0.470 e. The molecule has 0 aliphatic heterocycles. The van der Waals surface area contributed by atoms with Gasteiger partial charge in [0.25, 0.3) is 5.91 Å². The summed E-state index contributed by atoms with van der Waals surface area (Å²) in [6, 6.07) is 8.28. The second kappa shape index (κ2) is 9.97. The van der Waals surface area contributed by atoms with E-state index < -0.39 is 47.1 Å². The monoisotopic (exact) mass is 525 g/mol. The van der Waals surface area contributed by atoms with Crippen LogP contribution in [0.5, 0.6) is 5.75 Å². The zero-order chi connectivity index (χ0) is 26.1. The molecule has 188 valence electrons. The Morgan fingerprint density at radius 3 is 2.28 bits per heavy atom. The van der Waals surface area contributed by atoms with E-state index in [1.165, 1.54) is 30.8 Å². The maximum atomic E-state index is 14.1. The van der Waals surface area contributed by atoms with Gasteiger partial charge < -0.3 is 10.1 Å². The van der Waals surface area contributed by atoms with Gasteiger partial charge >= 0.3 is 0 Å². The Kier molecular flexibility index (Phi) is 6.97. The van der Waals surface area contributed by atoms with E-state index in [9.17, 15) is 26.7 Å². The first-order valence-corrected chi connectivity index (χ1v) is 10.7. The van der Waals surface area contributed by atoms with Crippen LogP contribution in [0.15, 0.2) is 36.5 Å². The summed E-state index contributed by atoms with van der Waals surface area (Å²) in [6.07, 6.45) is 1.51. The highest BCUT2D eigenvalue weighted by atomic mass is 35.5. The van der Waals surface area contributed by atoms with E-state index >= 15 is 0 Å². The number of anilines is 1. The normalized spacial score (nSPS) is 11.1. The van der Waals surface area contributed by atoms with Crippen LogP contribution in [0, 0.1) is 42.9 Å². The van der Waals surface area contributed by atoms with Gasteiger partial charge in [-0.2, -0.15) is 10.2 Å². The van der Waals surface area contributed by atoms with Gasteiger partial charge in [0, 0.05) is 6.20 Å². The summed E-state index contributed by atoms with van der Waals surface area (Å²) in [5.41, 5.74) is -0.334. The Morgan fingerprint density at radius 1 is 0.972 bits per heavy atom. The van der Waals surface area contributed by atoms with Crippen molar-refractivity contribution in [3.05, 3.63) is 93.3 Å². The summed E-state index contributed by atoms with van der Waals surface area (Å²) in [7, 11) is 0. The molecule has 0 atom stereocenters. The number of para-hydroxylation sites is 1. The average molecular weight is 526 g/mol. The van der Waals surface area contributed by atoms with Gasteiger partial charge in [0.2, 0.25) is 5.82 Å². The lowest BCUT2D eigenvalue weighted by Gasteiger charge is -2.10. The Bertz CT molecular complexity index is 1440. The minimum atomic E-state index is -2.24. The summed E-state index contributed by atoms with van der Waals surface area (Å²) >= 11 is 6.04. The lowest BCUT2D eigenvalue weighted by molar-refractivity contribution is 0.102. The Morgan fingerprint density at radius 2 is 1.61 bits per heavy atom. The maximum absolute atomic E-state index is 14.1. The van der Waals surface area contributed by atoms with Crippen LogP contribution < -0.4 is 10.1 Å². The number of aromatic nitrogens is 4. The third-order valence-corrected chi connectivity index (χ3v) is 5.60. The molecule has 0 bridgehead atoms. The van der Waals surface area contributed by atoms with Gasteiger partial charge in [-0.25, -0.2) is 26.6 Å². The van der Waals surface area contributed by atoms with Crippen molar-refractivity contribution in [2.45, 2.75) is 27.1 Å². The molecule has 0 unspecified atom stereocenters. The standard InChI is InChI=1S/C23H17ClF5N5O2/c1-11-22(12(2)34(31-11)9-13-17(25)19(27)21(29)20(28)18(13)26)30-23(35)15-7-8-33(32-15)10-36-16-6-4-3-5-14(16)24/h3-8H,9-10H2,1-2H3,(H,30,35). The van der Waals surface area contributed by atoms with Gasteiger partial charge in [-0.05, 0) is 32.0 Å². The first-order chi connectivity index (χ1) is 17.1. The van der Waals surface area contributed by atoms with Crippen LogP contribution >= 0.6 is 11.6 Å². The summed E-state index contributed by atoms with van der Waals surface area (Å²) in [5.74, 6) is -10.4. The number of nitrogens with one attached hydrogen (secondary N) is 1. The summed E-state index contributed by atoms with van der Waals surface area (Å²) in [6.45, 7) is 2.21. The van der Waals surface area contributed by atoms with E-state index in [4.69, 9.17) is 16.3 Å². The van der Waals surface area contributed by atoms with E-state index in [2.05, 4.69) is 15.5 Å². The molecule has 0 aliphatic carbocycles. The Hall–Kier alpha value is -3.93. The molecule has 0 aliphatic rings. The van der Waals surface area contributed by atoms with Crippen molar-refractivity contribution in [3.63, 3.8) is 0 Å². The molecule has 0 saturated carbocycles. The summed E-state index contributed by atoms with van der Waals surface area (Å²) < 4.78 is 76.6. The fourth-order valence-electron chi connectivity index (χ4n) is 3.40. The van der Waals surface area contributed by atoms with Crippen LogP contribution in [-0.4, -0.2) is 25.5 Å². The molecule has 13 heteroatoms. The molecule has 2 heterocycles. The van der Waals surface area contributed by atoms with E-state index in [0.29, 0.717) is 10.8 Å². The molecule has 0 spiro atoms. The van der Waals surface area contributed by atoms with Crippen molar-refractivity contribution < 1.29 is 31.5 Å². The van der Waals surface area contributed by atoms with Crippen molar-refractivity contribution in [1.82, 2.24) is 19.6 Å². The SMILES string of the molecule is Cc1nn(Cc2c(F)c(F)c(F)c(F)c2F)c(C)c1NC(=O)c1ccn(COc2ccccc2Cl)n1. The number of amides is 1. The third-order valence-electron chi connectivity index (χ3n) is 5.29. The first kappa shape index (κ1) is 25.2. The van der Waals surface area contributed by atoms with Gasteiger partial charge in [-0.3, -0.25) is 9.48 Å². The van der Waals surface area contributed by atoms with Crippen molar-refractivity contribution in [1.29, 1.82) is 0 Å². The van der Waals surface area contributed by atoms with Crippen LogP contribution in [0.4, 0.5) is 27.6 Å². The number of nitrogens with zero attached hydrogens (tertiary/aromatic N) is 4. The maximum Gasteiger partial charge on any atom is 0.276 e. The molecule has 4 aromatic rings. The number of hydrogen-bond donors (Lipinski definition) is 1. The number of carbonyl (C=O) groups is 1. The van der Waals surface area contributed by atoms with Gasteiger partial charge in [-0.15, -0.1) is 0 Å². The quantitative estimate of drug-likeness (QED) is 0.200. The van der Waals surface area contributed by atoms with Crippen LogP contribution in [0.1, 0.15) is 27.4 Å². The zero-order valence-corrected chi connectivity index (χ0v) is 19.5. The van der Waals surface area contributed by atoms with Crippen LogP contribution in [0.2, 0.25) is 5.02 Å². The predicted octanol–water partition coefficient (Wildman–Crippen LogP) is 5.38. The van der Waals surface area contributed by atoms with Crippen molar-refractivity contribution in [3.8, 4) is 5.75 Å². The van der Waals surface area contributed by atoms with E-state index in [-0.39, 0.29) is 29.5 Å².